The van der Waals surface area contributed by atoms with Gasteiger partial charge in [0.2, 0.25) is 0 Å². The molecule has 1 amide bonds. The number of thioether (sulfide) groups is 1. The number of nitro groups is 1. The number of carbonyl (C=O) groups is 1. The SMILES string of the molecule is O=C1CSC(=S)N1/N=C\c1cc([N+](=O)[O-])ccc1Cl. The number of nitrogens with zero attached hydrogens (tertiary/aromatic N) is 3. The van der Waals surface area contributed by atoms with Crippen molar-refractivity contribution in [1.82, 2.24) is 5.01 Å². The average Bonchev–Trinajstić information content (AvgIpc) is 2.68. The van der Waals surface area contributed by atoms with Gasteiger partial charge in [0.05, 0.1) is 16.9 Å². The zero-order valence-corrected chi connectivity index (χ0v) is 11.7. The highest BCUT2D eigenvalue weighted by Gasteiger charge is 2.26. The number of thiocarbonyl (C=S) groups is 1. The monoisotopic (exact) mass is 315 g/mol. The van der Waals surface area contributed by atoms with E-state index in [2.05, 4.69) is 5.10 Å². The van der Waals surface area contributed by atoms with E-state index in [0.717, 1.165) is 5.01 Å². The topological polar surface area (TPSA) is 75.8 Å². The minimum Gasteiger partial charge on any atom is -0.272 e. The van der Waals surface area contributed by atoms with Crippen molar-refractivity contribution in [2.24, 2.45) is 5.10 Å². The quantitative estimate of drug-likeness (QED) is 0.370. The number of nitro benzene ring substituents is 1. The molecule has 0 spiro atoms. The van der Waals surface area contributed by atoms with E-state index >= 15 is 0 Å². The van der Waals surface area contributed by atoms with Gasteiger partial charge in [0, 0.05) is 22.7 Å². The lowest BCUT2D eigenvalue weighted by Crippen LogP contribution is -2.22. The summed E-state index contributed by atoms with van der Waals surface area (Å²) in [6, 6.07) is 3.98. The van der Waals surface area contributed by atoms with Crippen LogP contribution < -0.4 is 0 Å². The summed E-state index contributed by atoms with van der Waals surface area (Å²) in [6.45, 7) is 0. The third-order valence-corrected chi connectivity index (χ3v) is 3.91. The fraction of sp³-hybridized carbons (Fsp3) is 0.100. The van der Waals surface area contributed by atoms with Crippen LogP contribution in [0.15, 0.2) is 23.3 Å². The van der Waals surface area contributed by atoms with Crippen molar-refractivity contribution in [2.75, 3.05) is 5.75 Å². The molecule has 1 aliphatic heterocycles. The maximum absolute atomic E-state index is 11.4. The predicted molar refractivity (Wildman–Crippen MR) is 77.6 cm³/mol. The molecule has 2 rings (SSSR count). The van der Waals surface area contributed by atoms with E-state index in [4.69, 9.17) is 23.8 Å². The van der Waals surface area contributed by atoms with E-state index in [0.29, 0.717) is 14.9 Å². The smallest absolute Gasteiger partial charge is 0.270 e. The van der Waals surface area contributed by atoms with Gasteiger partial charge >= 0.3 is 0 Å². The Morgan fingerprint density at radius 3 is 2.89 bits per heavy atom. The van der Waals surface area contributed by atoms with Crippen LogP contribution in [0.3, 0.4) is 0 Å². The molecule has 6 nitrogen and oxygen atoms in total. The molecule has 0 aliphatic carbocycles. The van der Waals surface area contributed by atoms with E-state index in [9.17, 15) is 14.9 Å². The predicted octanol–water partition coefficient (Wildman–Crippen LogP) is 2.44. The molecule has 1 heterocycles. The first-order chi connectivity index (χ1) is 8.99. The molecule has 9 heteroatoms. The van der Waals surface area contributed by atoms with Crippen molar-refractivity contribution in [1.29, 1.82) is 0 Å². The van der Waals surface area contributed by atoms with Gasteiger partial charge in [-0.2, -0.15) is 10.1 Å². The van der Waals surface area contributed by atoms with Crippen molar-refractivity contribution in [3.05, 3.63) is 38.9 Å². The van der Waals surface area contributed by atoms with Gasteiger partial charge in [-0.25, -0.2) is 0 Å². The Balaban J connectivity index is 2.27. The third-order valence-electron chi connectivity index (χ3n) is 2.23. The average molecular weight is 316 g/mol. The summed E-state index contributed by atoms with van der Waals surface area (Å²) in [7, 11) is 0. The molecule has 1 fully saturated rings. The number of halogens is 1. The van der Waals surface area contributed by atoms with E-state index in [-0.39, 0.29) is 17.3 Å². The van der Waals surface area contributed by atoms with Crippen LogP contribution in [0, 0.1) is 10.1 Å². The maximum Gasteiger partial charge on any atom is 0.270 e. The number of hydrogen-bond donors (Lipinski definition) is 0. The van der Waals surface area contributed by atoms with Crippen molar-refractivity contribution in [2.45, 2.75) is 0 Å². The number of hydrogen-bond acceptors (Lipinski definition) is 6. The number of carbonyl (C=O) groups excluding carboxylic acids is 1. The molecular formula is C10H6ClN3O3S2. The second kappa shape index (κ2) is 5.64. The van der Waals surface area contributed by atoms with Gasteiger partial charge in [-0.1, -0.05) is 35.6 Å². The Hall–Kier alpha value is -1.51. The van der Waals surface area contributed by atoms with E-state index in [1.807, 2.05) is 0 Å². The summed E-state index contributed by atoms with van der Waals surface area (Å²) in [5, 5.41) is 15.9. The first kappa shape index (κ1) is 13.9. The Kier molecular flexibility index (Phi) is 4.13. The third kappa shape index (κ3) is 3.09. The molecule has 0 saturated carbocycles. The summed E-state index contributed by atoms with van der Waals surface area (Å²) in [5.74, 6) is 0.0200. The molecule has 19 heavy (non-hydrogen) atoms. The Morgan fingerprint density at radius 1 is 1.58 bits per heavy atom. The second-order valence-electron chi connectivity index (χ2n) is 3.47. The van der Waals surface area contributed by atoms with Crippen molar-refractivity contribution < 1.29 is 9.72 Å². The molecule has 1 aromatic rings. The van der Waals surface area contributed by atoms with Gasteiger partial charge in [-0.3, -0.25) is 14.9 Å². The lowest BCUT2D eigenvalue weighted by atomic mass is 10.2. The molecule has 0 atom stereocenters. The van der Waals surface area contributed by atoms with Gasteiger partial charge in [-0.15, -0.1) is 0 Å². The molecular weight excluding hydrogens is 310 g/mol. The Bertz CT molecular complexity index is 590. The molecule has 0 radical (unpaired) electrons. The normalized spacial score (nSPS) is 15.5. The fourth-order valence-electron chi connectivity index (χ4n) is 1.32. The van der Waals surface area contributed by atoms with Crippen molar-refractivity contribution in [3.8, 4) is 0 Å². The summed E-state index contributed by atoms with van der Waals surface area (Å²) in [4.78, 5) is 21.6. The lowest BCUT2D eigenvalue weighted by molar-refractivity contribution is -0.384. The van der Waals surface area contributed by atoms with Crippen LogP contribution in [0.25, 0.3) is 0 Å². The van der Waals surface area contributed by atoms with Crippen LogP contribution >= 0.6 is 35.6 Å². The number of non-ortho nitro benzene ring substituents is 1. The maximum atomic E-state index is 11.4. The molecule has 1 aromatic carbocycles. The zero-order valence-electron chi connectivity index (χ0n) is 9.28. The van der Waals surface area contributed by atoms with Gasteiger partial charge in [0.15, 0.2) is 4.32 Å². The minimum atomic E-state index is -0.533. The number of benzene rings is 1. The molecule has 1 aliphatic rings. The van der Waals surface area contributed by atoms with Crippen LogP contribution in [0.1, 0.15) is 5.56 Å². The first-order valence-corrected chi connectivity index (χ1v) is 6.74. The number of rotatable bonds is 3. The molecule has 0 bridgehead atoms. The summed E-state index contributed by atoms with van der Waals surface area (Å²) in [6.07, 6.45) is 1.28. The number of hydrazone groups is 1. The fourth-order valence-corrected chi connectivity index (χ4v) is 2.46. The molecule has 0 aromatic heterocycles. The molecule has 98 valence electrons. The largest absolute Gasteiger partial charge is 0.272 e. The molecule has 1 saturated heterocycles. The first-order valence-electron chi connectivity index (χ1n) is 4.96. The van der Waals surface area contributed by atoms with Gasteiger partial charge < -0.3 is 0 Å². The molecule has 0 unspecified atom stereocenters. The lowest BCUT2D eigenvalue weighted by Gasteiger charge is -2.06. The minimum absolute atomic E-state index is 0.101. The van der Waals surface area contributed by atoms with E-state index < -0.39 is 4.92 Å². The Labute approximate surface area is 122 Å². The van der Waals surface area contributed by atoms with Crippen molar-refractivity contribution in [3.63, 3.8) is 0 Å². The standard InChI is InChI=1S/C10H6ClN3O3S2/c11-8-2-1-7(14(16)17)3-6(8)4-12-13-9(15)5-19-10(13)18/h1-4H,5H2/b12-4-. The van der Waals surface area contributed by atoms with Crippen LogP contribution in [-0.2, 0) is 4.79 Å². The molecule has 0 N–H and O–H groups in total. The summed E-state index contributed by atoms with van der Waals surface area (Å²) in [5.41, 5.74) is 0.249. The van der Waals surface area contributed by atoms with Crippen LogP contribution in [-0.4, -0.2) is 32.1 Å². The summed E-state index contributed by atoms with van der Waals surface area (Å²) >= 11 is 12.1. The van der Waals surface area contributed by atoms with Crippen LogP contribution in [0.4, 0.5) is 5.69 Å². The van der Waals surface area contributed by atoms with E-state index in [1.54, 1.807) is 0 Å². The van der Waals surface area contributed by atoms with Gasteiger partial charge in [-0.05, 0) is 6.07 Å². The zero-order chi connectivity index (χ0) is 14.0. The highest BCUT2D eigenvalue weighted by molar-refractivity contribution is 8.23. The highest BCUT2D eigenvalue weighted by atomic mass is 35.5. The van der Waals surface area contributed by atoms with Crippen molar-refractivity contribution >= 4 is 57.7 Å². The van der Waals surface area contributed by atoms with Gasteiger partial charge in [0.25, 0.3) is 11.6 Å². The highest BCUT2D eigenvalue weighted by Crippen LogP contribution is 2.22. The number of amides is 1. The summed E-state index contributed by atoms with van der Waals surface area (Å²) < 4.78 is 0.350. The Morgan fingerprint density at radius 2 is 2.32 bits per heavy atom. The van der Waals surface area contributed by atoms with Crippen LogP contribution in [0.5, 0.6) is 0 Å². The van der Waals surface area contributed by atoms with Gasteiger partial charge in [0.1, 0.15) is 0 Å². The van der Waals surface area contributed by atoms with Crippen LogP contribution in [0.2, 0.25) is 5.02 Å². The van der Waals surface area contributed by atoms with E-state index in [1.165, 1.54) is 36.2 Å². The second-order valence-corrected chi connectivity index (χ2v) is 5.48.